The molecule has 0 aliphatic heterocycles. The minimum absolute atomic E-state index is 0.536. The predicted molar refractivity (Wildman–Crippen MR) is 182 cm³/mol. The Hall–Kier alpha value is -5.67. The predicted octanol–water partition coefficient (Wildman–Crippen LogP) is 9.67. The molecule has 0 N–H and O–H groups in total. The summed E-state index contributed by atoms with van der Waals surface area (Å²) >= 11 is 0. The Morgan fingerprint density at radius 3 is 1.44 bits per heavy atom. The molecule has 0 unspecified atom stereocenters. The molecule has 0 atom stereocenters. The quantitative estimate of drug-likeness (QED) is 0.149. The summed E-state index contributed by atoms with van der Waals surface area (Å²) in [7, 11) is 0. The van der Waals surface area contributed by atoms with Crippen LogP contribution in [0.25, 0.3) is 33.2 Å². The third-order valence-corrected chi connectivity index (χ3v) is 8.01. The van der Waals surface area contributed by atoms with Crippen LogP contribution in [-0.4, -0.2) is 0 Å². The first-order valence-corrected chi connectivity index (χ1v) is 15.3. The van der Waals surface area contributed by atoms with E-state index in [2.05, 4.69) is 138 Å². The van der Waals surface area contributed by atoms with Gasteiger partial charge in [-0.3, -0.25) is 0 Å². The van der Waals surface area contributed by atoms with Crippen molar-refractivity contribution in [1.82, 2.24) is 0 Å². The zero-order chi connectivity index (χ0) is 30.3. The number of hydrogen-bond donors (Lipinski definition) is 0. The average Bonchev–Trinajstić information content (AvgIpc) is 3.11. The van der Waals surface area contributed by atoms with Gasteiger partial charge < -0.3 is 9.47 Å². The van der Waals surface area contributed by atoms with Crippen LogP contribution in [0.3, 0.4) is 0 Å². The fourth-order valence-corrected chi connectivity index (χ4v) is 5.76. The summed E-state index contributed by atoms with van der Waals surface area (Å²) in [4.78, 5) is 0. The van der Waals surface area contributed by atoms with E-state index in [1.807, 2.05) is 36.4 Å². The van der Waals surface area contributed by atoms with Gasteiger partial charge in [-0.25, -0.2) is 0 Å². The zero-order valence-electron chi connectivity index (χ0n) is 25.1. The van der Waals surface area contributed by atoms with Gasteiger partial charge in [0.2, 0.25) is 5.69 Å². The maximum atomic E-state index is 6.14. The molecule has 3 heteroatoms. The topological polar surface area (TPSA) is 22.3 Å². The van der Waals surface area contributed by atoms with E-state index in [1.54, 1.807) is 0 Å². The summed E-state index contributed by atoms with van der Waals surface area (Å²) in [5, 5.41) is 2.40. The Morgan fingerprint density at radius 1 is 0.422 bits per heavy atom. The Balaban J connectivity index is 1.29. The van der Waals surface area contributed by atoms with Crippen molar-refractivity contribution >= 4 is 10.8 Å². The Kier molecular flexibility index (Phi) is 8.32. The second kappa shape index (κ2) is 13.3. The van der Waals surface area contributed by atoms with Gasteiger partial charge in [0.15, 0.2) is 12.7 Å². The van der Waals surface area contributed by atoms with Crippen molar-refractivity contribution in [2.75, 3.05) is 0 Å². The average molecular weight is 585 g/mol. The Bertz CT molecular complexity index is 1990. The van der Waals surface area contributed by atoms with E-state index >= 15 is 0 Å². The molecule has 0 bridgehead atoms. The van der Waals surface area contributed by atoms with E-state index in [0.29, 0.717) is 13.2 Å². The molecule has 45 heavy (non-hydrogen) atoms. The van der Waals surface area contributed by atoms with E-state index in [4.69, 9.17) is 9.47 Å². The molecule has 0 amide bonds. The van der Waals surface area contributed by atoms with Crippen molar-refractivity contribution in [3.63, 3.8) is 0 Å². The van der Waals surface area contributed by atoms with Crippen LogP contribution < -0.4 is 14.0 Å². The maximum Gasteiger partial charge on any atom is 0.221 e. The van der Waals surface area contributed by atoms with Gasteiger partial charge in [-0.05, 0) is 59.2 Å². The lowest BCUT2D eigenvalue weighted by atomic mass is 9.93. The molecule has 3 nitrogen and oxygen atoms in total. The number of benzene rings is 6. The first-order valence-electron chi connectivity index (χ1n) is 15.3. The smallest absolute Gasteiger partial charge is 0.221 e. The SMILES string of the molecule is c1ccc(COc2ccc(-c3c(-c4ccc(OCc5ccccc5)cc4)[n+](Cc4ccccc4)cc4ccccc34)cc2)cc1. The van der Waals surface area contributed by atoms with Gasteiger partial charge >= 0.3 is 0 Å². The van der Waals surface area contributed by atoms with E-state index in [0.717, 1.165) is 46.0 Å². The van der Waals surface area contributed by atoms with Crippen LogP contribution >= 0.6 is 0 Å². The molecule has 0 spiro atoms. The van der Waals surface area contributed by atoms with Crippen LogP contribution in [0.5, 0.6) is 11.5 Å². The van der Waals surface area contributed by atoms with Crippen LogP contribution in [0.15, 0.2) is 170 Å². The second-order valence-electron chi connectivity index (χ2n) is 11.2. The molecular formula is C42H34NO2+. The summed E-state index contributed by atoms with van der Waals surface area (Å²) in [5.74, 6) is 1.70. The Morgan fingerprint density at radius 2 is 0.889 bits per heavy atom. The highest BCUT2D eigenvalue weighted by molar-refractivity contribution is 6.01. The molecule has 1 aromatic heterocycles. The summed E-state index contributed by atoms with van der Waals surface area (Å²) < 4.78 is 14.7. The standard InChI is InChI=1S/C42H34NO2/c1-4-12-32(13-5-1)28-43-29-37-18-10-11-19-40(37)41(35-20-24-38(25-21-35)44-30-33-14-6-2-7-15-33)42(43)36-22-26-39(27-23-36)45-31-34-16-8-3-9-17-34/h1-27,29H,28,30-31H2/q+1. The maximum absolute atomic E-state index is 6.14. The molecule has 7 aromatic rings. The van der Waals surface area contributed by atoms with Gasteiger partial charge in [-0.15, -0.1) is 0 Å². The molecule has 218 valence electrons. The van der Waals surface area contributed by atoms with Crippen LogP contribution in [0.4, 0.5) is 0 Å². The monoisotopic (exact) mass is 584 g/mol. The number of pyridine rings is 1. The number of rotatable bonds is 10. The first-order chi connectivity index (χ1) is 22.3. The molecule has 1 heterocycles. The van der Waals surface area contributed by atoms with Gasteiger partial charge in [0.1, 0.15) is 24.7 Å². The Labute approximate surface area is 264 Å². The summed E-state index contributed by atoms with van der Waals surface area (Å²) in [6.07, 6.45) is 2.28. The van der Waals surface area contributed by atoms with Crippen molar-refractivity contribution in [3.05, 3.63) is 187 Å². The summed E-state index contributed by atoms with van der Waals surface area (Å²) in [5.41, 5.74) is 8.16. The van der Waals surface area contributed by atoms with E-state index in [1.165, 1.54) is 21.9 Å². The number of fused-ring (bicyclic) bond motifs is 1. The molecular weight excluding hydrogens is 550 g/mol. The second-order valence-corrected chi connectivity index (χ2v) is 11.2. The van der Waals surface area contributed by atoms with Crippen molar-refractivity contribution in [2.45, 2.75) is 19.8 Å². The van der Waals surface area contributed by atoms with E-state index in [-0.39, 0.29) is 0 Å². The molecule has 0 radical (unpaired) electrons. The van der Waals surface area contributed by atoms with Crippen LogP contribution in [0, 0.1) is 0 Å². The first kappa shape index (κ1) is 28.1. The van der Waals surface area contributed by atoms with Crippen LogP contribution in [-0.2, 0) is 19.8 Å². The number of hydrogen-bond acceptors (Lipinski definition) is 2. The number of aromatic nitrogens is 1. The van der Waals surface area contributed by atoms with E-state index < -0.39 is 0 Å². The highest BCUT2D eigenvalue weighted by Crippen LogP contribution is 2.37. The largest absolute Gasteiger partial charge is 0.489 e. The normalized spacial score (nSPS) is 10.9. The zero-order valence-corrected chi connectivity index (χ0v) is 25.1. The molecule has 0 aliphatic rings. The van der Waals surface area contributed by atoms with Gasteiger partial charge in [-0.2, -0.15) is 4.57 Å². The fraction of sp³-hybridized carbons (Fsp3) is 0.0714. The van der Waals surface area contributed by atoms with Crippen LogP contribution in [0.2, 0.25) is 0 Å². The molecule has 0 aliphatic carbocycles. The molecule has 7 rings (SSSR count). The summed E-state index contributed by atoms with van der Waals surface area (Å²) in [6, 6.07) is 56.8. The molecule has 0 fully saturated rings. The minimum Gasteiger partial charge on any atom is -0.489 e. The number of nitrogens with zero attached hydrogens (tertiary/aromatic N) is 1. The minimum atomic E-state index is 0.536. The lowest BCUT2D eigenvalue weighted by molar-refractivity contribution is -0.675. The molecule has 6 aromatic carbocycles. The lowest BCUT2D eigenvalue weighted by Gasteiger charge is -2.15. The van der Waals surface area contributed by atoms with Crippen molar-refractivity contribution in [1.29, 1.82) is 0 Å². The van der Waals surface area contributed by atoms with E-state index in [9.17, 15) is 0 Å². The van der Waals surface area contributed by atoms with Gasteiger partial charge in [-0.1, -0.05) is 121 Å². The number of ether oxygens (including phenoxy) is 2. The van der Waals surface area contributed by atoms with Crippen molar-refractivity contribution in [3.8, 4) is 33.9 Å². The van der Waals surface area contributed by atoms with Crippen molar-refractivity contribution in [2.24, 2.45) is 0 Å². The van der Waals surface area contributed by atoms with Gasteiger partial charge in [0, 0.05) is 21.9 Å². The fourth-order valence-electron chi connectivity index (χ4n) is 5.76. The lowest BCUT2D eigenvalue weighted by Crippen LogP contribution is -2.37. The van der Waals surface area contributed by atoms with Gasteiger partial charge in [0.05, 0.1) is 5.56 Å². The summed E-state index contributed by atoms with van der Waals surface area (Å²) in [6.45, 7) is 1.82. The van der Waals surface area contributed by atoms with Crippen molar-refractivity contribution < 1.29 is 14.0 Å². The van der Waals surface area contributed by atoms with Gasteiger partial charge in [0.25, 0.3) is 0 Å². The third kappa shape index (κ3) is 6.63. The van der Waals surface area contributed by atoms with Crippen LogP contribution in [0.1, 0.15) is 16.7 Å². The third-order valence-electron chi connectivity index (χ3n) is 8.01. The highest BCUT2D eigenvalue weighted by Gasteiger charge is 2.24. The molecule has 0 saturated heterocycles. The molecule has 0 saturated carbocycles. The highest BCUT2D eigenvalue weighted by atomic mass is 16.5.